The number of alkyl halides is 2. The van der Waals surface area contributed by atoms with Gasteiger partial charge in [0.25, 0.3) is 0 Å². The van der Waals surface area contributed by atoms with Crippen molar-refractivity contribution in [3.8, 4) is 17.1 Å². The summed E-state index contributed by atoms with van der Waals surface area (Å²) < 4.78 is 29.5. The molecule has 21 heavy (non-hydrogen) atoms. The molecule has 1 saturated carbocycles. The number of hydrogen-bond donors (Lipinski definition) is 0. The van der Waals surface area contributed by atoms with Gasteiger partial charge in [0.15, 0.2) is 5.82 Å². The van der Waals surface area contributed by atoms with Gasteiger partial charge in [-0.2, -0.15) is 8.78 Å². The normalized spacial score (nSPS) is 14.5. The summed E-state index contributed by atoms with van der Waals surface area (Å²) in [5.74, 6) is 1.07. The highest BCUT2D eigenvalue weighted by molar-refractivity contribution is 14.1. The zero-order chi connectivity index (χ0) is 15.0. The number of rotatable bonds is 4. The molecule has 1 aliphatic rings. The van der Waals surface area contributed by atoms with E-state index in [0.29, 0.717) is 16.9 Å². The van der Waals surface area contributed by atoms with Crippen LogP contribution in [0.25, 0.3) is 11.4 Å². The maximum Gasteiger partial charge on any atom is 0.387 e. The van der Waals surface area contributed by atoms with E-state index in [0.717, 1.165) is 27.7 Å². The number of hydrogen-bond acceptors (Lipinski definition) is 3. The van der Waals surface area contributed by atoms with E-state index in [1.807, 2.05) is 0 Å². The number of aromatic nitrogens is 2. The highest BCUT2D eigenvalue weighted by Gasteiger charge is 2.29. The van der Waals surface area contributed by atoms with Crippen LogP contribution in [0.15, 0.2) is 24.3 Å². The third-order valence-electron chi connectivity index (χ3n) is 3.14. The molecule has 1 aromatic carbocycles. The van der Waals surface area contributed by atoms with E-state index in [4.69, 9.17) is 11.6 Å². The van der Waals surface area contributed by atoms with Crippen LogP contribution in [0, 0.1) is 3.57 Å². The first-order valence-corrected chi connectivity index (χ1v) is 7.78. The van der Waals surface area contributed by atoms with E-state index in [2.05, 4.69) is 37.3 Å². The molecular weight excluding hydrogens is 413 g/mol. The summed E-state index contributed by atoms with van der Waals surface area (Å²) in [4.78, 5) is 8.83. The van der Waals surface area contributed by atoms with Crippen LogP contribution in [0.2, 0.25) is 5.15 Å². The molecule has 1 fully saturated rings. The van der Waals surface area contributed by atoms with Gasteiger partial charge in [-0.15, -0.1) is 0 Å². The van der Waals surface area contributed by atoms with Crippen LogP contribution < -0.4 is 4.74 Å². The van der Waals surface area contributed by atoms with E-state index < -0.39 is 6.61 Å². The highest BCUT2D eigenvalue weighted by atomic mass is 127. The predicted molar refractivity (Wildman–Crippen MR) is 83.8 cm³/mol. The minimum atomic E-state index is -2.83. The molecule has 0 radical (unpaired) electrons. The highest BCUT2D eigenvalue weighted by Crippen LogP contribution is 2.42. The summed E-state index contributed by atoms with van der Waals surface area (Å²) in [5.41, 5.74) is 1.69. The number of ether oxygens (including phenoxy) is 1. The zero-order valence-corrected chi connectivity index (χ0v) is 13.6. The Balaban J connectivity index is 1.93. The van der Waals surface area contributed by atoms with Crippen molar-refractivity contribution in [1.82, 2.24) is 9.97 Å². The molecule has 110 valence electrons. The Morgan fingerprint density at radius 2 is 1.86 bits per heavy atom. The summed E-state index contributed by atoms with van der Waals surface area (Å²) in [6.07, 6.45) is 2.23. The monoisotopic (exact) mass is 422 g/mol. The van der Waals surface area contributed by atoms with Crippen molar-refractivity contribution in [2.45, 2.75) is 25.4 Å². The summed E-state index contributed by atoms with van der Waals surface area (Å²) >= 11 is 8.31. The Bertz CT molecular complexity index is 663. The summed E-state index contributed by atoms with van der Waals surface area (Å²) in [7, 11) is 0. The lowest BCUT2D eigenvalue weighted by molar-refractivity contribution is -0.0498. The van der Waals surface area contributed by atoms with Gasteiger partial charge in [-0.05, 0) is 59.7 Å². The van der Waals surface area contributed by atoms with Gasteiger partial charge in [-0.1, -0.05) is 11.6 Å². The van der Waals surface area contributed by atoms with Crippen LogP contribution in [-0.4, -0.2) is 16.6 Å². The molecule has 1 heterocycles. The third-order valence-corrected chi connectivity index (χ3v) is 4.79. The topological polar surface area (TPSA) is 35.0 Å². The number of benzene rings is 1. The second-order valence-electron chi connectivity index (χ2n) is 4.71. The van der Waals surface area contributed by atoms with Crippen molar-refractivity contribution < 1.29 is 13.5 Å². The SMILES string of the molecule is FC(F)Oc1ccc(-c2nc(Cl)c(I)c(C3CC3)n2)cc1. The average Bonchev–Trinajstić information content (AvgIpc) is 3.26. The van der Waals surface area contributed by atoms with E-state index in [-0.39, 0.29) is 5.75 Å². The Morgan fingerprint density at radius 1 is 1.19 bits per heavy atom. The predicted octanol–water partition coefficient (Wildman–Crippen LogP) is 4.88. The Morgan fingerprint density at radius 3 is 2.43 bits per heavy atom. The first-order chi connectivity index (χ1) is 10.0. The fourth-order valence-corrected chi connectivity index (χ4v) is 2.84. The van der Waals surface area contributed by atoms with Crippen molar-refractivity contribution in [3.63, 3.8) is 0 Å². The molecule has 1 aliphatic carbocycles. The summed E-state index contributed by atoms with van der Waals surface area (Å²) in [6.45, 7) is -2.83. The molecule has 0 N–H and O–H groups in total. The minimum Gasteiger partial charge on any atom is -0.435 e. The molecule has 0 aliphatic heterocycles. The average molecular weight is 423 g/mol. The van der Waals surface area contributed by atoms with Crippen molar-refractivity contribution in [3.05, 3.63) is 38.7 Å². The maximum absolute atomic E-state index is 12.1. The molecular formula is C14H10ClF2IN2O. The standard InChI is InChI=1S/C14H10ClF2IN2O/c15-12-10(18)11(7-1-2-7)19-13(20-12)8-3-5-9(6-4-8)21-14(16)17/h3-7,14H,1-2H2. The molecule has 0 saturated heterocycles. The quantitative estimate of drug-likeness (QED) is 0.520. The van der Waals surface area contributed by atoms with Gasteiger partial charge in [0.05, 0.1) is 9.26 Å². The van der Waals surface area contributed by atoms with Crippen molar-refractivity contribution >= 4 is 34.2 Å². The summed E-state index contributed by atoms with van der Waals surface area (Å²) in [5, 5.41) is 0.426. The van der Waals surface area contributed by atoms with Gasteiger partial charge < -0.3 is 4.74 Å². The smallest absolute Gasteiger partial charge is 0.387 e. The molecule has 1 aromatic heterocycles. The number of halogens is 4. The minimum absolute atomic E-state index is 0.104. The van der Waals surface area contributed by atoms with Crippen molar-refractivity contribution in [1.29, 1.82) is 0 Å². The largest absolute Gasteiger partial charge is 0.435 e. The van der Waals surface area contributed by atoms with Gasteiger partial charge in [0, 0.05) is 11.5 Å². The lowest BCUT2D eigenvalue weighted by Gasteiger charge is -2.08. The van der Waals surface area contributed by atoms with Gasteiger partial charge in [0.2, 0.25) is 0 Å². The Hall–Kier alpha value is -1.02. The van der Waals surface area contributed by atoms with Gasteiger partial charge in [0.1, 0.15) is 10.9 Å². The zero-order valence-electron chi connectivity index (χ0n) is 10.7. The van der Waals surface area contributed by atoms with Gasteiger partial charge in [-0.25, -0.2) is 9.97 Å². The van der Waals surface area contributed by atoms with Crippen molar-refractivity contribution in [2.75, 3.05) is 0 Å². The molecule has 7 heteroatoms. The molecule has 0 unspecified atom stereocenters. The molecule has 3 nitrogen and oxygen atoms in total. The van der Waals surface area contributed by atoms with Crippen LogP contribution in [0.3, 0.4) is 0 Å². The molecule has 0 spiro atoms. The van der Waals surface area contributed by atoms with E-state index in [1.165, 1.54) is 12.1 Å². The Labute approximate surface area is 138 Å². The van der Waals surface area contributed by atoms with E-state index >= 15 is 0 Å². The molecule has 3 rings (SSSR count). The second kappa shape index (κ2) is 6.00. The third kappa shape index (κ3) is 3.42. The Kier molecular flexibility index (Phi) is 4.26. The molecule has 2 aromatic rings. The van der Waals surface area contributed by atoms with Gasteiger partial charge in [-0.3, -0.25) is 0 Å². The van der Waals surface area contributed by atoms with Crippen LogP contribution >= 0.6 is 34.2 Å². The van der Waals surface area contributed by atoms with Crippen molar-refractivity contribution in [2.24, 2.45) is 0 Å². The van der Waals surface area contributed by atoms with Gasteiger partial charge >= 0.3 is 6.61 Å². The van der Waals surface area contributed by atoms with Crippen LogP contribution in [0.4, 0.5) is 8.78 Å². The molecule has 0 atom stereocenters. The van der Waals surface area contributed by atoms with Crippen LogP contribution in [-0.2, 0) is 0 Å². The summed E-state index contributed by atoms with van der Waals surface area (Å²) in [6, 6.07) is 6.22. The molecule has 0 bridgehead atoms. The first-order valence-electron chi connectivity index (χ1n) is 6.33. The first kappa shape index (κ1) is 14.9. The lowest BCUT2D eigenvalue weighted by atomic mass is 10.2. The fraction of sp³-hybridized carbons (Fsp3) is 0.286. The van der Waals surface area contributed by atoms with Crippen LogP contribution in [0.5, 0.6) is 5.75 Å². The van der Waals surface area contributed by atoms with Crippen LogP contribution in [0.1, 0.15) is 24.5 Å². The number of nitrogens with zero attached hydrogens (tertiary/aromatic N) is 2. The fourth-order valence-electron chi connectivity index (χ4n) is 1.98. The lowest BCUT2D eigenvalue weighted by Crippen LogP contribution is -2.02. The van der Waals surface area contributed by atoms with E-state index in [9.17, 15) is 8.78 Å². The second-order valence-corrected chi connectivity index (χ2v) is 6.15. The maximum atomic E-state index is 12.1. The van der Waals surface area contributed by atoms with E-state index in [1.54, 1.807) is 12.1 Å². The molecule has 0 amide bonds.